The summed E-state index contributed by atoms with van der Waals surface area (Å²) in [5.41, 5.74) is 1.23. The summed E-state index contributed by atoms with van der Waals surface area (Å²) in [5, 5.41) is 12.1. The molecule has 0 radical (unpaired) electrons. The molecule has 2 N–H and O–H groups in total. The van der Waals surface area contributed by atoms with Gasteiger partial charge in [-0.1, -0.05) is 19.1 Å². The van der Waals surface area contributed by atoms with Crippen molar-refractivity contribution in [3.63, 3.8) is 0 Å². The number of amides is 2. The summed E-state index contributed by atoms with van der Waals surface area (Å²) in [7, 11) is 0. The highest BCUT2D eigenvalue weighted by molar-refractivity contribution is 5.94. The van der Waals surface area contributed by atoms with Crippen LogP contribution in [0.5, 0.6) is 0 Å². The third kappa shape index (κ3) is 4.55. The molecule has 126 valence electrons. The molecule has 1 aromatic rings. The van der Waals surface area contributed by atoms with Crippen molar-refractivity contribution in [1.82, 2.24) is 10.2 Å². The van der Waals surface area contributed by atoms with Crippen LogP contribution < -0.4 is 5.32 Å². The maximum Gasteiger partial charge on any atom is 0.251 e. The number of nitrogens with one attached hydrogen (secondary N) is 1. The van der Waals surface area contributed by atoms with Crippen LogP contribution >= 0.6 is 0 Å². The Labute approximate surface area is 137 Å². The molecule has 1 aliphatic heterocycles. The Bertz CT molecular complexity index is 556. The second kappa shape index (κ2) is 7.59. The number of likely N-dealkylation sites (tertiary alicyclic amines) is 1. The van der Waals surface area contributed by atoms with Crippen LogP contribution in [0.25, 0.3) is 0 Å². The SMILES string of the molecule is CCC(C)(CCO)NC(=O)c1ccc(CN2CCCC2=O)cc1. The van der Waals surface area contributed by atoms with Crippen molar-refractivity contribution in [1.29, 1.82) is 0 Å². The molecule has 0 spiro atoms. The average Bonchev–Trinajstić information content (AvgIpc) is 2.93. The lowest BCUT2D eigenvalue weighted by Crippen LogP contribution is -2.46. The fourth-order valence-corrected chi connectivity index (χ4v) is 2.77. The largest absolute Gasteiger partial charge is 0.396 e. The van der Waals surface area contributed by atoms with Gasteiger partial charge in [0.1, 0.15) is 0 Å². The minimum Gasteiger partial charge on any atom is -0.396 e. The summed E-state index contributed by atoms with van der Waals surface area (Å²) < 4.78 is 0. The van der Waals surface area contributed by atoms with Crippen molar-refractivity contribution >= 4 is 11.8 Å². The lowest BCUT2D eigenvalue weighted by atomic mass is 9.94. The Morgan fingerprint density at radius 2 is 2.04 bits per heavy atom. The average molecular weight is 318 g/mol. The number of carbonyl (C=O) groups is 2. The van der Waals surface area contributed by atoms with Gasteiger partial charge in [0.2, 0.25) is 5.91 Å². The molecule has 1 heterocycles. The van der Waals surface area contributed by atoms with E-state index in [4.69, 9.17) is 5.11 Å². The standard InChI is InChI=1S/C18H26N2O3/c1-3-18(2,10-12-21)19-17(23)15-8-6-14(7-9-15)13-20-11-4-5-16(20)22/h6-9,21H,3-5,10-13H2,1-2H3,(H,19,23). The van der Waals surface area contributed by atoms with Crippen LogP contribution in [0.4, 0.5) is 0 Å². The first kappa shape index (κ1) is 17.5. The number of hydrogen-bond donors (Lipinski definition) is 2. The molecule has 1 atom stereocenters. The molecular formula is C18H26N2O3. The first-order valence-corrected chi connectivity index (χ1v) is 8.27. The summed E-state index contributed by atoms with van der Waals surface area (Å²) in [6.07, 6.45) is 2.86. The molecular weight excluding hydrogens is 292 g/mol. The molecule has 0 aliphatic carbocycles. The smallest absolute Gasteiger partial charge is 0.251 e. The van der Waals surface area contributed by atoms with Gasteiger partial charge in [0.25, 0.3) is 5.91 Å². The van der Waals surface area contributed by atoms with Crippen molar-refractivity contribution in [3.8, 4) is 0 Å². The number of aliphatic hydroxyl groups excluding tert-OH is 1. The van der Waals surface area contributed by atoms with Gasteiger partial charge in [0.05, 0.1) is 0 Å². The van der Waals surface area contributed by atoms with Gasteiger partial charge < -0.3 is 15.3 Å². The van der Waals surface area contributed by atoms with E-state index in [1.807, 2.05) is 30.9 Å². The minimum absolute atomic E-state index is 0.0490. The number of rotatable bonds is 7. The minimum atomic E-state index is -0.396. The fraction of sp³-hybridized carbons (Fsp3) is 0.556. The van der Waals surface area contributed by atoms with Crippen LogP contribution in [-0.2, 0) is 11.3 Å². The number of nitrogens with zero attached hydrogens (tertiary/aromatic N) is 1. The van der Waals surface area contributed by atoms with Gasteiger partial charge in [-0.15, -0.1) is 0 Å². The normalized spacial score (nSPS) is 17.2. The van der Waals surface area contributed by atoms with Crippen LogP contribution in [0.2, 0.25) is 0 Å². The predicted octanol–water partition coefficient (Wildman–Crippen LogP) is 2.09. The first-order chi connectivity index (χ1) is 11.0. The topological polar surface area (TPSA) is 69.6 Å². The molecule has 1 aromatic carbocycles. The van der Waals surface area contributed by atoms with Crippen molar-refractivity contribution < 1.29 is 14.7 Å². The van der Waals surface area contributed by atoms with Crippen molar-refractivity contribution in [2.24, 2.45) is 0 Å². The summed E-state index contributed by atoms with van der Waals surface area (Å²) in [6.45, 7) is 5.41. The van der Waals surface area contributed by atoms with Gasteiger partial charge in [-0.3, -0.25) is 9.59 Å². The van der Waals surface area contributed by atoms with Gasteiger partial charge >= 0.3 is 0 Å². The van der Waals surface area contributed by atoms with Crippen molar-refractivity contribution in [2.45, 2.75) is 51.6 Å². The van der Waals surface area contributed by atoms with Crippen molar-refractivity contribution in [3.05, 3.63) is 35.4 Å². The van der Waals surface area contributed by atoms with Crippen molar-refractivity contribution in [2.75, 3.05) is 13.2 Å². The molecule has 1 saturated heterocycles. The number of carbonyl (C=O) groups excluding carboxylic acids is 2. The molecule has 2 amide bonds. The van der Waals surface area contributed by atoms with Crippen LogP contribution in [0.15, 0.2) is 24.3 Å². The highest BCUT2D eigenvalue weighted by Gasteiger charge is 2.24. The third-order valence-corrected chi connectivity index (χ3v) is 4.62. The van der Waals surface area contributed by atoms with E-state index in [1.54, 1.807) is 12.1 Å². The van der Waals surface area contributed by atoms with E-state index < -0.39 is 5.54 Å². The second-order valence-electron chi connectivity index (χ2n) is 6.46. The number of hydrogen-bond acceptors (Lipinski definition) is 3. The summed E-state index contributed by atoms with van der Waals surface area (Å²) in [5.74, 6) is 0.0705. The second-order valence-corrected chi connectivity index (χ2v) is 6.46. The summed E-state index contributed by atoms with van der Waals surface area (Å²) in [4.78, 5) is 25.8. The molecule has 0 saturated carbocycles. The van der Waals surface area contributed by atoms with E-state index in [0.717, 1.165) is 24.9 Å². The quantitative estimate of drug-likeness (QED) is 0.809. The monoisotopic (exact) mass is 318 g/mol. The molecule has 2 rings (SSSR count). The maximum absolute atomic E-state index is 12.3. The molecule has 0 bridgehead atoms. The summed E-state index contributed by atoms with van der Waals surface area (Å²) >= 11 is 0. The summed E-state index contributed by atoms with van der Waals surface area (Å²) in [6, 6.07) is 7.38. The van der Waals surface area contributed by atoms with Crippen LogP contribution in [0.1, 0.15) is 55.5 Å². The van der Waals surface area contributed by atoms with Gasteiger partial charge in [-0.25, -0.2) is 0 Å². The first-order valence-electron chi connectivity index (χ1n) is 8.27. The highest BCUT2D eigenvalue weighted by Crippen LogP contribution is 2.17. The highest BCUT2D eigenvalue weighted by atomic mass is 16.3. The van der Waals surface area contributed by atoms with E-state index in [1.165, 1.54) is 0 Å². The fourth-order valence-electron chi connectivity index (χ4n) is 2.77. The zero-order valence-electron chi connectivity index (χ0n) is 14.0. The van der Waals surface area contributed by atoms with Gasteiger partial charge in [-0.2, -0.15) is 0 Å². The molecule has 1 fully saturated rings. The number of benzene rings is 1. The molecule has 23 heavy (non-hydrogen) atoms. The van der Waals surface area contributed by atoms with Crippen LogP contribution in [0.3, 0.4) is 0 Å². The zero-order valence-corrected chi connectivity index (χ0v) is 14.0. The van der Waals surface area contributed by atoms with Gasteiger partial charge in [0.15, 0.2) is 0 Å². The van der Waals surface area contributed by atoms with E-state index in [0.29, 0.717) is 24.9 Å². The Kier molecular flexibility index (Phi) is 5.77. The predicted molar refractivity (Wildman–Crippen MR) is 89.0 cm³/mol. The Morgan fingerprint density at radius 1 is 1.35 bits per heavy atom. The Morgan fingerprint density at radius 3 is 2.57 bits per heavy atom. The zero-order chi connectivity index (χ0) is 16.9. The molecule has 5 heteroatoms. The molecule has 1 aliphatic rings. The van der Waals surface area contributed by atoms with Crippen LogP contribution in [0, 0.1) is 0 Å². The lowest BCUT2D eigenvalue weighted by Gasteiger charge is -2.29. The number of aliphatic hydroxyl groups is 1. The Balaban J connectivity index is 1.98. The molecule has 0 aromatic heterocycles. The molecule has 5 nitrogen and oxygen atoms in total. The van der Waals surface area contributed by atoms with E-state index in [2.05, 4.69) is 5.32 Å². The van der Waals surface area contributed by atoms with Gasteiger partial charge in [-0.05, 0) is 43.9 Å². The van der Waals surface area contributed by atoms with Gasteiger partial charge in [0, 0.05) is 37.2 Å². The van der Waals surface area contributed by atoms with E-state index >= 15 is 0 Å². The lowest BCUT2D eigenvalue weighted by molar-refractivity contribution is -0.128. The third-order valence-electron chi connectivity index (χ3n) is 4.62. The Hall–Kier alpha value is -1.88. The van der Waals surface area contributed by atoms with Crippen LogP contribution in [-0.4, -0.2) is 40.5 Å². The molecule has 1 unspecified atom stereocenters. The maximum atomic E-state index is 12.3. The van der Waals surface area contributed by atoms with E-state index in [-0.39, 0.29) is 18.4 Å². The van der Waals surface area contributed by atoms with E-state index in [9.17, 15) is 9.59 Å².